The number of amides is 3. The summed E-state index contributed by atoms with van der Waals surface area (Å²) in [5, 5.41) is 0. The number of nitrogens with zero attached hydrogens (tertiary/aromatic N) is 4. The maximum absolute atomic E-state index is 13.2. The molecule has 0 N–H and O–H groups in total. The van der Waals surface area contributed by atoms with Crippen molar-refractivity contribution in [3.05, 3.63) is 35.6 Å². The van der Waals surface area contributed by atoms with Crippen molar-refractivity contribution in [1.29, 1.82) is 0 Å². The van der Waals surface area contributed by atoms with Crippen molar-refractivity contribution < 1.29 is 14.0 Å². The Kier molecular flexibility index (Phi) is 7.47. The van der Waals surface area contributed by atoms with Gasteiger partial charge in [-0.1, -0.05) is 12.1 Å². The van der Waals surface area contributed by atoms with Gasteiger partial charge >= 0.3 is 6.03 Å². The average Bonchev–Trinajstić information content (AvgIpc) is 3.26. The Hall–Kier alpha value is -2.15. The van der Waals surface area contributed by atoms with Crippen LogP contribution in [0.5, 0.6) is 0 Å². The molecule has 3 rings (SSSR count). The molecule has 0 atom stereocenters. The number of likely N-dealkylation sites (N-methyl/N-ethyl adjacent to an activating group) is 1. The van der Waals surface area contributed by atoms with Gasteiger partial charge < -0.3 is 19.6 Å². The van der Waals surface area contributed by atoms with Gasteiger partial charge in [0.15, 0.2) is 0 Å². The summed E-state index contributed by atoms with van der Waals surface area (Å²) < 4.78 is 13.2. The number of hydrogen-bond acceptors (Lipinski definition) is 3. The molecule has 160 valence electrons. The Bertz CT molecular complexity index is 681. The van der Waals surface area contributed by atoms with Crippen molar-refractivity contribution in [2.75, 3.05) is 53.4 Å². The van der Waals surface area contributed by atoms with E-state index in [-0.39, 0.29) is 23.7 Å². The van der Waals surface area contributed by atoms with E-state index >= 15 is 0 Å². The van der Waals surface area contributed by atoms with E-state index in [0.717, 1.165) is 38.0 Å². The third kappa shape index (κ3) is 5.92. The molecule has 3 amide bonds. The monoisotopic (exact) mass is 404 g/mol. The molecule has 2 fully saturated rings. The normalized spacial score (nSPS) is 17.8. The number of rotatable bonds is 6. The van der Waals surface area contributed by atoms with E-state index in [1.54, 1.807) is 12.1 Å². The molecule has 0 saturated carbocycles. The maximum Gasteiger partial charge on any atom is 0.319 e. The summed E-state index contributed by atoms with van der Waals surface area (Å²) >= 11 is 0. The zero-order chi connectivity index (χ0) is 20.8. The van der Waals surface area contributed by atoms with Crippen LogP contribution in [0.25, 0.3) is 0 Å². The summed E-state index contributed by atoms with van der Waals surface area (Å²) in [4.78, 5) is 33.6. The number of carbonyl (C=O) groups is 2. The van der Waals surface area contributed by atoms with Crippen molar-refractivity contribution in [3.63, 3.8) is 0 Å². The fourth-order valence-corrected chi connectivity index (χ4v) is 4.08. The molecule has 29 heavy (non-hydrogen) atoms. The van der Waals surface area contributed by atoms with Crippen molar-refractivity contribution in [1.82, 2.24) is 19.6 Å². The molecule has 0 aromatic heterocycles. The summed E-state index contributed by atoms with van der Waals surface area (Å²) in [6.07, 6.45) is 3.59. The lowest BCUT2D eigenvalue weighted by Crippen LogP contribution is -2.48. The maximum atomic E-state index is 13.2. The van der Waals surface area contributed by atoms with Gasteiger partial charge in [0.25, 0.3) is 0 Å². The standard InChI is InChI=1S/C22H33FN4O2/c1-24(2)15-16-27(17-18-5-7-20(23)8-6-18)21(28)19-9-13-26(14-10-19)22(29)25-11-3-4-12-25/h5-8,19H,3-4,9-17H2,1-2H3. The number of urea groups is 1. The van der Waals surface area contributed by atoms with Gasteiger partial charge in [-0.25, -0.2) is 9.18 Å². The van der Waals surface area contributed by atoms with Crippen LogP contribution in [0.15, 0.2) is 24.3 Å². The van der Waals surface area contributed by atoms with Crippen LogP contribution in [0.2, 0.25) is 0 Å². The first-order chi connectivity index (χ1) is 13.9. The second-order valence-corrected chi connectivity index (χ2v) is 8.43. The molecule has 2 aliphatic rings. The SMILES string of the molecule is CN(C)CCN(Cc1ccc(F)cc1)C(=O)C1CCN(C(=O)N2CCCC2)CC1. The zero-order valence-corrected chi connectivity index (χ0v) is 17.6. The van der Waals surface area contributed by atoms with Gasteiger partial charge in [0.1, 0.15) is 5.82 Å². The lowest BCUT2D eigenvalue weighted by Gasteiger charge is -2.36. The lowest BCUT2D eigenvalue weighted by molar-refractivity contribution is -0.137. The average molecular weight is 405 g/mol. The molecule has 2 heterocycles. The minimum absolute atomic E-state index is 0.0553. The third-order valence-corrected chi connectivity index (χ3v) is 5.91. The predicted octanol–water partition coefficient (Wildman–Crippen LogP) is 2.64. The van der Waals surface area contributed by atoms with Crippen LogP contribution in [-0.2, 0) is 11.3 Å². The molecule has 1 aromatic carbocycles. The minimum Gasteiger partial charge on any atom is -0.337 e. The van der Waals surface area contributed by atoms with E-state index < -0.39 is 0 Å². The van der Waals surface area contributed by atoms with E-state index in [4.69, 9.17) is 0 Å². The molecule has 7 heteroatoms. The molecule has 0 bridgehead atoms. The van der Waals surface area contributed by atoms with E-state index in [2.05, 4.69) is 4.90 Å². The van der Waals surface area contributed by atoms with Crippen LogP contribution in [-0.4, -0.2) is 84.9 Å². The van der Waals surface area contributed by atoms with Gasteiger partial charge in [0.2, 0.25) is 5.91 Å². The van der Waals surface area contributed by atoms with Gasteiger partial charge in [-0.3, -0.25) is 4.79 Å². The Morgan fingerprint density at radius 2 is 1.55 bits per heavy atom. The molecule has 2 aliphatic heterocycles. The number of likely N-dealkylation sites (tertiary alicyclic amines) is 2. The molecule has 2 saturated heterocycles. The molecule has 1 aromatic rings. The van der Waals surface area contributed by atoms with Crippen molar-refractivity contribution in [2.45, 2.75) is 32.2 Å². The number of hydrogen-bond donors (Lipinski definition) is 0. The number of carbonyl (C=O) groups excluding carboxylic acids is 2. The van der Waals surface area contributed by atoms with Crippen molar-refractivity contribution in [3.8, 4) is 0 Å². The predicted molar refractivity (Wildman–Crippen MR) is 111 cm³/mol. The number of halogens is 1. The van der Waals surface area contributed by atoms with Crippen LogP contribution < -0.4 is 0 Å². The molecule has 0 radical (unpaired) electrons. The quantitative estimate of drug-likeness (QED) is 0.732. The highest BCUT2D eigenvalue weighted by Crippen LogP contribution is 2.23. The van der Waals surface area contributed by atoms with E-state index in [1.165, 1.54) is 12.1 Å². The highest BCUT2D eigenvalue weighted by atomic mass is 19.1. The van der Waals surface area contributed by atoms with E-state index in [0.29, 0.717) is 39.0 Å². The Morgan fingerprint density at radius 1 is 0.966 bits per heavy atom. The minimum atomic E-state index is -0.269. The van der Waals surface area contributed by atoms with Crippen LogP contribution in [0.4, 0.5) is 9.18 Å². The molecule has 0 unspecified atom stereocenters. The van der Waals surface area contributed by atoms with Gasteiger partial charge in [-0.05, 0) is 57.5 Å². The van der Waals surface area contributed by atoms with E-state index in [9.17, 15) is 14.0 Å². The van der Waals surface area contributed by atoms with Gasteiger partial charge in [0.05, 0.1) is 0 Å². The Morgan fingerprint density at radius 3 is 2.14 bits per heavy atom. The largest absolute Gasteiger partial charge is 0.337 e. The van der Waals surface area contributed by atoms with Crippen LogP contribution in [0.1, 0.15) is 31.2 Å². The fourth-order valence-electron chi connectivity index (χ4n) is 4.08. The third-order valence-electron chi connectivity index (χ3n) is 5.91. The smallest absolute Gasteiger partial charge is 0.319 e. The van der Waals surface area contributed by atoms with Crippen molar-refractivity contribution in [2.24, 2.45) is 5.92 Å². The molecular weight excluding hydrogens is 371 g/mol. The first-order valence-corrected chi connectivity index (χ1v) is 10.7. The summed E-state index contributed by atoms with van der Waals surface area (Å²) in [6, 6.07) is 6.48. The van der Waals surface area contributed by atoms with Crippen LogP contribution in [0, 0.1) is 11.7 Å². The second kappa shape index (κ2) is 10.1. The van der Waals surface area contributed by atoms with Gasteiger partial charge in [-0.2, -0.15) is 0 Å². The number of benzene rings is 1. The molecule has 6 nitrogen and oxygen atoms in total. The Labute approximate surface area is 173 Å². The van der Waals surface area contributed by atoms with Crippen LogP contribution >= 0.6 is 0 Å². The summed E-state index contributed by atoms with van der Waals surface area (Å²) in [5.41, 5.74) is 0.931. The topological polar surface area (TPSA) is 47.1 Å². The first kappa shape index (κ1) is 21.6. The summed E-state index contributed by atoms with van der Waals surface area (Å²) in [7, 11) is 3.98. The Balaban J connectivity index is 1.58. The van der Waals surface area contributed by atoms with Gasteiger partial charge in [0, 0.05) is 51.7 Å². The first-order valence-electron chi connectivity index (χ1n) is 10.7. The number of piperidine rings is 1. The highest BCUT2D eigenvalue weighted by molar-refractivity contribution is 5.80. The van der Waals surface area contributed by atoms with Gasteiger partial charge in [-0.15, -0.1) is 0 Å². The summed E-state index contributed by atoms with van der Waals surface area (Å²) in [5.74, 6) is -0.181. The molecule has 0 spiro atoms. The van der Waals surface area contributed by atoms with E-state index in [1.807, 2.05) is 28.8 Å². The fraction of sp³-hybridized carbons (Fsp3) is 0.636. The van der Waals surface area contributed by atoms with Crippen LogP contribution in [0.3, 0.4) is 0 Å². The second-order valence-electron chi connectivity index (χ2n) is 8.43. The van der Waals surface area contributed by atoms with Crippen molar-refractivity contribution >= 4 is 11.9 Å². The molecule has 0 aliphatic carbocycles. The lowest BCUT2D eigenvalue weighted by atomic mass is 9.95. The zero-order valence-electron chi connectivity index (χ0n) is 17.6. The molecular formula is C22H33FN4O2. The summed E-state index contributed by atoms with van der Waals surface area (Å²) in [6.45, 7) is 4.89. The highest BCUT2D eigenvalue weighted by Gasteiger charge is 2.32.